The lowest BCUT2D eigenvalue weighted by atomic mass is 10.1. The largest absolute Gasteiger partial charge is 0.496 e. The van der Waals surface area contributed by atoms with E-state index in [4.69, 9.17) is 4.74 Å². The Morgan fingerprint density at radius 2 is 2.12 bits per heavy atom. The molecule has 0 heterocycles. The van der Waals surface area contributed by atoms with Gasteiger partial charge in [-0.25, -0.2) is 0 Å². The summed E-state index contributed by atoms with van der Waals surface area (Å²) < 4.78 is 10.00. The Morgan fingerprint density at radius 3 is 2.59 bits per heavy atom. The molecule has 0 bridgehead atoms. The van der Waals surface area contributed by atoms with E-state index in [1.54, 1.807) is 0 Å². The highest BCUT2D eigenvalue weighted by molar-refractivity contribution is 9.10. The summed E-state index contributed by atoms with van der Waals surface area (Å²) in [6.45, 7) is 0. The van der Waals surface area contributed by atoms with E-state index in [1.807, 2.05) is 0 Å². The summed E-state index contributed by atoms with van der Waals surface area (Å²) in [7, 11) is 2.65. The Hall–Kier alpha value is -1.63. The van der Waals surface area contributed by atoms with Crippen molar-refractivity contribution in [2.75, 3.05) is 14.2 Å². The highest BCUT2D eigenvalue weighted by atomic mass is 79.9. The van der Waals surface area contributed by atoms with Gasteiger partial charge in [0.1, 0.15) is 5.75 Å². The number of benzene rings is 1. The molecular formula is C10H10BrNO5. The highest BCUT2D eigenvalue weighted by Gasteiger charge is 2.18. The number of methoxy groups -OCH3 is 2. The van der Waals surface area contributed by atoms with Gasteiger partial charge in [0.05, 0.1) is 31.6 Å². The van der Waals surface area contributed by atoms with Crippen LogP contribution in [0.25, 0.3) is 0 Å². The van der Waals surface area contributed by atoms with Crippen LogP contribution in [0.2, 0.25) is 0 Å². The Morgan fingerprint density at radius 1 is 1.47 bits per heavy atom. The van der Waals surface area contributed by atoms with E-state index in [9.17, 15) is 14.9 Å². The summed E-state index contributed by atoms with van der Waals surface area (Å²) in [4.78, 5) is 21.3. The summed E-state index contributed by atoms with van der Waals surface area (Å²) in [5, 5.41) is 10.6. The van der Waals surface area contributed by atoms with Crippen LogP contribution in [0.1, 0.15) is 5.56 Å². The second-order valence-corrected chi connectivity index (χ2v) is 3.97. The molecule has 0 atom stereocenters. The van der Waals surface area contributed by atoms with Gasteiger partial charge in [0.2, 0.25) is 0 Å². The van der Waals surface area contributed by atoms with Crippen LogP contribution in [0.15, 0.2) is 16.6 Å². The lowest BCUT2D eigenvalue weighted by Gasteiger charge is -2.09. The van der Waals surface area contributed by atoms with Crippen LogP contribution < -0.4 is 4.74 Å². The van der Waals surface area contributed by atoms with E-state index < -0.39 is 10.9 Å². The minimum atomic E-state index is -0.533. The molecular weight excluding hydrogens is 294 g/mol. The second-order valence-electron chi connectivity index (χ2n) is 3.12. The van der Waals surface area contributed by atoms with Gasteiger partial charge < -0.3 is 9.47 Å². The van der Waals surface area contributed by atoms with Gasteiger partial charge in [-0.05, 0) is 0 Å². The summed E-state index contributed by atoms with van der Waals surface area (Å²) in [5.74, 6) is -0.172. The fraction of sp³-hybridized carbons (Fsp3) is 0.300. The van der Waals surface area contributed by atoms with Crippen molar-refractivity contribution >= 4 is 27.6 Å². The predicted molar refractivity (Wildman–Crippen MR) is 63.1 cm³/mol. The van der Waals surface area contributed by atoms with Crippen molar-refractivity contribution in [1.82, 2.24) is 0 Å². The van der Waals surface area contributed by atoms with Crippen molar-refractivity contribution in [3.63, 3.8) is 0 Å². The molecule has 0 fully saturated rings. The third kappa shape index (κ3) is 3.16. The number of non-ortho nitro benzene ring substituents is 1. The average molecular weight is 304 g/mol. The van der Waals surface area contributed by atoms with Crippen LogP contribution in [0.5, 0.6) is 5.75 Å². The molecule has 0 amide bonds. The minimum absolute atomic E-state index is 0.0156. The van der Waals surface area contributed by atoms with Gasteiger partial charge >= 0.3 is 5.97 Å². The van der Waals surface area contributed by atoms with Crippen LogP contribution >= 0.6 is 15.9 Å². The summed E-state index contributed by atoms with van der Waals surface area (Å²) in [6, 6.07) is 2.59. The Labute approximate surface area is 106 Å². The maximum absolute atomic E-state index is 11.2. The van der Waals surface area contributed by atoms with Gasteiger partial charge in [0.25, 0.3) is 5.69 Å². The standard InChI is InChI=1S/C10H10BrNO5/c1-16-9-4-6(12(14)15)3-8(11)7(9)5-10(13)17-2/h3-4H,5H2,1-2H3. The first-order chi connectivity index (χ1) is 7.99. The molecule has 0 spiro atoms. The normalized spacial score (nSPS) is 9.82. The van der Waals surface area contributed by atoms with E-state index >= 15 is 0 Å². The molecule has 0 unspecified atom stereocenters. The van der Waals surface area contributed by atoms with E-state index in [0.29, 0.717) is 10.0 Å². The topological polar surface area (TPSA) is 78.7 Å². The van der Waals surface area contributed by atoms with Crippen LogP contribution in [0, 0.1) is 10.1 Å². The Balaban J connectivity index is 3.21. The molecule has 92 valence electrons. The summed E-state index contributed by atoms with van der Waals surface area (Å²) in [6.07, 6.45) is -0.0156. The maximum atomic E-state index is 11.2. The maximum Gasteiger partial charge on any atom is 0.310 e. The van der Waals surface area contributed by atoms with Gasteiger partial charge in [-0.3, -0.25) is 14.9 Å². The number of esters is 1. The van der Waals surface area contributed by atoms with Crippen molar-refractivity contribution in [2.24, 2.45) is 0 Å². The lowest BCUT2D eigenvalue weighted by Crippen LogP contribution is -2.07. The molecule has 0 N–H and O–H groups in total. The van der Waals surface area contributed by atoms with Gasteiger partial charge in [-0.15, -0.1) is 0 Å². The molecule has 0 saturated heterocycles. The first kappa shape index (κ1) is 13.4. The van der Waals surface area contributed by atoms with Gasteiger partial charge in [-0.1, -0.05) is 15.9 Å². The Kier molecular flexibility index (Phi) is 4.45. The van der Waals surface area contributed by atoms with Gasteiger partial charge in [0, 0.05) is 16.1 Å². The fourth-order valence-electron chi connectivity index (χ4n) is 1.27. The monoisotopic (exact) mass is 303 g/mol. The first-order valence-corrected chi connectivity index (χ1v) is 5.36. The smallest absolute Gasteiger partial charge is 0.310 e. The van der Waals surface area contributed by atoms with E-state index in [0.717, 1.165) is 0 Å². The summed E-state index contributed by atoms with van der Waals surface area (Å²) in [5.41, 5.74) is 0.410. The number of carbonyl (C=O) groups is 1. The molecule has 0 aromatic heterocycles. The van der Waals surface area contributed by atoms with Crippen LogP contribution in [0.4, 0.5) is 5.69 Å². The molecule has 0 aliphatic heterocycles. The molecule has 0 aliphatic carbocycles. The third-order valence-electron chi connectivity index (χ3n) is 2.12. The molecule has 6 nitrogen and oxygen atoms in total. The number of hydrogen-bond donors (Lipinski definition) is 0. The molecule has 1 aromatic rings. The van der Waals surface area contributed by atoms with Crippen molar-refractivity contribution in [1.29, 1.82) is 0 Å². The number of nitro groups is 1. The molecule has 0 saturated carbocycles. The Bertz CT molecular complexity index is 460. The van der Waals surface area contributed by atoms with Crippen LogP contribution in [-0.2, 0) is 16.0 Å². The molecule has 1 aromatic carbocycles. The number of nitro benzene ring substituents is 1. The van der Waals surface area contributed by atoms with Crippen molar-refractivity contribution in [2.45, 2.75) is 6.42 Å². The molecule has 0 radical (unpaired) electrons. The van der Waals surface area contributed by atoms with E-state index in [2.05, 4.69) is 20.7 Å². The molecule has 17 heavy (non-hydrogen) atoms. The fourth-order valence-corrected chi connectivity index (χ4v) is 1.84. The van der Waals surface area contributed by atoms with E-state index in [1.165, 1.54) is 26.4 Å². The molecule has 1 rings (SSSR count). The van der Waals surface area contributed by atoms with Crippen molar-refractivity contribution in [3.05, 3.63) is 32.3 Å². The quantitative estimate of drug-likeness (QED) is 0.483. The zero-order valence-corrected chi connectivity index (χ0v) is 10.8. The van der Waals surface area contributed by atoms with Crippen LogP contribution in [0.3, 0.4) is 0 Å². The average Bonchev–Trinajstić information content (AvgIpc) is 2.30. The lowest BCUT2D eigenvalue weighted by molar-refractivity contribution is -0.385. The number of nitrogens with zero attached hydrogens (tertiary/aromatic N) is 1. The molecule has 7 heteroatoms. The van der Waals surface area contributed by atoms with Crippen molar-refractivity contribution in [3.8, 4) is 5.75 Å². The first-order valence-electron chi connectivity index (χ1n) is 4.57. The second kappa shape index (κ2) is 5.62. The van der Waals surface area contributed by atoms with E-state index in [-0.39, 0.29) is 17.9 Å². The predicted octanol–water partition coefficient (Wildman–Crippen LogP) is 2.08. The SMILES string of the molecule is COC(=O)Cc1c(Br)cc([N+](=O)[O-])cc1OC. The highest BCUT2D eigenvalue weighted by Crippen LogP contribution is 2.32. The third-order valence-corrected chi connectivity index (χ3v) is 2.83. The van der Waals surface area contributed by atoms with Gasteiger partial charge in [-0.2, -0.15) is 0 Å². The molecule has 0 aliphatic rings. The summed E-state index contributed by atoms with van der Waals surface area (Å²) >= 11 is 3.17. The number of hydrogen-bond acceptors (Lipinski definition) is 5. The number of ether oxygens (including phenoxy) is 2. The van der Waals surface area contributed by atoms with Crippen LogP contribution in [-0.4, -0.2) is 25.1 Å². The number of rotatable bonds is 4. The number of carbonyl (C=O) groups excluding carboxylic acids is 1. The van der Waals surface area contributed by atoms with Gasteiger partial charge in [0.15, 0.2) is 0 Å². The minimum Gasteiger partial charge on any atom is -0.496 e. The number of halogens is 1. The zero-order chi connectivity index (χ0) is 13.0. The zero-order valence-electron chi connectivity index (χ0n) is 9.23. The van der Waals surface area contributed by atoms with Crippen molar-refractivity contribution < 1.29 is 19.2 Å².